The highest BCUT2D eigenvalue weighted by Gasteiger charge is 2.27. The monoisotopic (exact) mass is 296 g/mol. The zero-order valence-corrected chi connectivity index (χ0v) is 11.6. The minimum atomic E-state index is -0.821. The average Bonchev–Trinajstić information content (AvgIpc) is 2.49. The lowest BCUT2D eigenvalue weighted by atomic mass is 9.97. The lowest BCUT2D eigenvalue weighted by Gasteiger charge is -2.30. The number of carbonyl (C=O) groups is 2. The van der Waals surface area contributed by atoms with Gasteiger partial charge in [-0.15, -0.1) is 0 Å². The lowest BCUT2D eigenvalue weighted by molar-refractivity contribution is -0.143. The molecule has 0 atom stereocenters. The Balaban J connectivity index is 1.95. The van der Waals surface area contributed by atoms with Crippen LogP contribution in [0.1, 0.15) is 12.8 Å². The number of likely N-dealkylation sites (tertiary alicyclic amines) is 1. The van der Waals surface area contributed by atoms with E-state index in [9.17, 15) is 14.0 Å². The van der Waals surface area contributed by atoms with Crippen molar-refractivity contribution in [2.75, 3.05) is 25.5 Å². The van der Waals surface area contributed by atoms with Crippen molar-refractivity contribution in [3.05, 3.63) is 24.0 Å². The van der Waals surface area contributed by atoms with Gasteiger partial charge in [0, 0.05) is 24.8 Å². The number of carboxylic acid groups (broad SMARTS) is 1. The van der Waals surface area contributed by atoms with Crippen molar-refractivity contribution in [2.45, 2.75) is 12.8 Å². The summed E-state index contributed by atoms with van der Waals surface area (Å²) in [7, 11) is 1.35. The maximum Gasteiger partial charge on any atom is 0.321 e. The van der Waals surface area contributed by atoms with Crippen molar-refractivity contribution in [2.24, 2.45) is 5.92 Å². The Morgan fingerprint density at radius 3 is 2.62 bits per heavy atom. The Morgan fingerprint density at radius 1 is 1.38 bits per heavy atom. The molecule has 114 valence electrons. The topological polar surface area (TPSA) is 78.9 Å². The summed E-state index contributed by atoms with van der Waals surface area (Å²) in [6, 6.07) is 3.73. The number of nitrogens with zero attached hydrogens (tertiary/aromatic N) is 1. The van der Waals surface area contributed by atoms with Crippen molar-refractivity contribution in [3.8, 4) is 5.75 Å². The summed E-state index contributed by atoms with van der Waals surface area (Å²) < 4.78 is 18.1. The zero-order valence-electron chi connectivity index (χ0n) is 11.6. The van der Waals surface area contributed by atoms with E-state index in [1.165, 1.54) is 25.3 Å². The third-order valence-electron chi connectivity index (χ3n) is 3.53. The highest BCUT2D eigenvalue weighted by atomic mass is 19.1. The number of ether oxygens (including phenoxy) is 1. The van der Waals surface area contributed by atoms with Gasteiger partial charge >= 0.3 is 12.0 Å². The van der Waals surface area contributed by atoms with Gasteiger partial charge in [0.2, 0.25) is 0 Å². The van der Waals surface area contributed by atoms with Crippen LogP contribution in [0.2, 0.25) is 0 Å². The zero-order chi connectivity index (χ0) is 15.4. The molecular formula is C14H17FN2O4. The molecule has 0 aliphatic carbocycles. The van der Waals surface area contributed by atoms with E-state index >= 15 is 0 Å². The van der Waals surface area contributed by atoms with Crippen LogP contribution in [-0.2, 0) is 4.79 Å². The van der Waals surface area contributed by atoms with Crippen molar-refractivity contribution in [3.63, 3.8) is 0 Å². The normalized spacial score (nSPS) is 15.6. The molecule has 1 aliphatic heterocycles. The van der Waals surface area contributed by atoms with Gasteiger partial charge in [0.05, 0.1) is 13.0 Å². The predicted molar refractivity (Wildman–Crippen MR) is 73.9 cm³/mol. The van der Waals surface area contributed by atoms with Crippen molar-refractivity contribution in [1.29, 1.82) is 0 Å². The van der Waals surface area contributed by atoms with Crippen LogP contribution in [0.15, 0.2) is 18.2 Å². The number of aliphatic carboxylic acids is 1. The van der Waals surface area contributed by atoms with E-state index in [-0.39, 0.29) is 17.7 Å². The number of anilines is 1. The van der Waals surface area contributed by atoms with Gasteiger partial charge in [0.25, 0.3) is 0 Å². The van der Waals surface area contributed by atoms with Crippen LogP contribution < -0.4 is 10.1 Å². The molecule has 0 aromatic heterocycles. The van der Waals surface area contributed by atoms with E-state index in [0.29, 0.717) is 31.6 Å². The largest absolute Gasteiger partial charge is 0.494 e. The molecule has 21 heavy (non-hydrogen) atoms. The van der Waals surface area contributed by atoms with Gasteiger partial charge < -0.3 is 20.1 Å². The molecule has 1 aliphatic rings. The summed E-state index contributed by atoms with van der Waals surface area (Å²) in [6.07, 6.45) is 0.880. The molecule has 2 amide bonds. The molecule has 6 nitrogen and oxygen atoms in total. The third kappa shape index (κ3) is 3.62. The predicted octanol–water partition coefficient (Wildman–Crippen LogP) is 2.16. The quantitative estimate of drug-likeness (QED) is 0.896. The van der Waals surface area contributed by atoms with Crippen molar-refractivity contribution < 1.29 is 23.8 Å². The minimum absolute atomic E-state index is 0.0531. The first kappa shape index (κ1) is 15.1. The molecule has 1 aromatic rings. The molecule has 1 heterocycles. The molecule has 1 aromatic carbocycles. The number of rotatable bonds is 3. The Kier molecular flexibility index (Phi) is 4.62. The number of carboxylic acids is 1. The number of piperidine rings is 1. The van der Waals surface area contributed by atoms with Gasteiger partial charge in [0.15, 0.2) is 11.6 Å². The first-order valence-electron chi connectivity index (χ1n) is 6.63. The number of amides is 2. The van der Waals surface area contributed by atoms with Gasteiger partial charge in [-0.05, 0) is 25.0 Å². The number of hydrogen-bond acceptors (Lipinski definition) is 3. The number of hydrogen-bond donors (Lipinski definition) is 2. The molecule has 0 saturated carbocycles. The van der Waals surface area contributed by atoms with Gasteiger partial charge in [-0.3, -0.25) is 4.79 Å². The number of methoxy groups -OCH3 is 1. The van der Waals surface area contributed by atoms with E-state index in [1.54, 1.807) is 4.90 Å². The minimum Gasteiger partial charge on any atom is -0.494 e. The summed E-state index contributed by atoms with van der Waals surface area (Å²) >= 11 is 0. The van der Waals surface area contributed by atoms with Gasteiger partial charge in [-0.1, -0.05) is 0 Å². The fraction of sp³-hybridized carbons (Fsp3) is 0.429. The van der Waals surface area contributed by atoms with Crippen LogP contribution in [0, 0.1) is 11.7 Å². The SMILES string of the molecule is COc1cc(NC(=O)N2CCC(C(=O)O)CC2)ccc1F. The van der Waals surface area contributed by atoms with Gasteiger partial charge in [0.1, 0.15) is 0 Å². The van der Waals surface area contributed by atoms with Crippen LogP contribution in [0.25, 0.3) is 0 Å². The van der Waals surface area contributed by atoms with Gasteiger partial charge in [-0.25, -0.2) is 9.18 Å². The first-order chi connectivity index (χ1) is 10.0. The summed E-state index contributed by atoms with van der Waals surface area (Å²) in [5, 5.41) is 11.6. The van der Waals surface area contributed by atoms with Crippen molar-refractivity contribution in [1.82, 2.24) is 4.90 Å². The first-order valence-corrected chi connectivity index (χ1v) is 6.63. The van der Waals surface area contributed by atoms with E-state index in [0.717, 1.165) is 0 Å². The summed E-state index contributed by atoms with van der Waals surface area (Å²) in [6.45, 7) is 0.780. The fourth-order valence-electron chi connectivity index (χ4n) is 2.27. The third-order valence-corrected chi connectivity index (χ3v) is 3.53. The van der Waals surface area contributed by atoms with Crippen LogP contribution in [-0.4, -0.2) is 42.2 Å². The number of benzene rings is 1. The van der Waals surface area contributed by atoms with E-state index < -0.39 is 11.8 Å². The molecule has 0 spiro atoms. The molecule has 2 N–H and O–H groups in total. The maximum atomic E-state index is 13.3. The number of urea groups is 1. The molecule has 7 heteroatoms. The number of halogens is 1. The van der Waals surface area contributed by atoms with Crippen molar-refractivity contribution >= 4 is 17.7 Å². The molecule has 0 unspecified atom stereocenters. The second-order valence-corrected chi connectivity index (χ2v) is 4.88. The van der Waals surface area contributed by atoms with Gasteiger partial charge in [-0.2, -0.15) is 0 Å². The maximum absolute atomic E-state index is 13.3. The lowest BCUT2D eigenvalue weighted by Crippen LogP contribution is -2.42. The molecular weight excluding hydrogens is 279 g/mol. The average molecular weight is 296 g/mol. The van der Waals surface area contributed by atoms with Crippen LogP contribution in [0.5, 0.6) is 5.75 Å². The second kappa shape index (κ2) is 6.43. The number of carbonyl (C=O) groups excluding carboxylic acids is 1. The Labute approximate surface area is 121 Å². The summed E-state index contributed by atoms with van der Waals surface area (Å²) in [4.78, 5) is 24.5. The van der Waals surface area contributed by atoms with Crippen LogP contribution in [0.3, 0.4) is 0 Å². The molecule has 0 bridgehead atoms. The standard InChI is InChI=1S/C14H17FN2O4/c1-21-12-8-10(2-3-11(12)15)16-14(20)17-6-4-9(5-7-17)13(18)19/h2-3,8-9H,4-7H2,1H3,(H,16,20)(H,18,19). The van der Waals surface area contributed by atoms with E-state index in [1.807, 2.05) is 0 Å². The summed E-state index contributed by atoms with van der Waals surface area (Å²) in [5.74, 6) is -1.66. The molecule has 2 rings (SSSR count). The van der Waals surface area contributed by atoms with E-state index in [4.69, 9.17) is 9.84 Å². The van der Waals surface area contributed by atoms with Crippen LogP contribution in [0.4, 0.5) is 14.9 Å². The Bertz CT molecular complexity index is 542. The summed E-state index contributed by atoms with van der Waals surface area (Å²) in [5.41, 5.74) is 0.429. The van der Waals surface area contributed by atoms with Crippen LogP contribution >= 0.6 is 0 Å². The highest BCUT2D eigenvalue weighted by Crippen LogP contribution is 2.23. The number of nitrogens with one attached hydrogen (secondary N) is 1. The molecule has 0 radical (unpaired) electrons. The molecule has 1 fully saturated rings. The fourth-order valence-corrected chi connectivity index (χ4v) is 2.27. The highest BCUT2D eigenvalue weighted by molar-refractivity contribution is 5.89. The van der Waals surface area contributed by atoms with E-state index in [2.05, 4.69) is 5.32 Å². The smallest absolute Gasteiger partial charge is 0.321 e. The molecule has 1 saturated heterocycles. The Morgan fingerprint density at radius 2 is 2.05 bits per heavy atom. The Hall–Kier alpha value is -2.31. The second-order valence-electron chi connectivity index (χ2n) is 4.88.